The van der Waals surface area contributed by atoms with E-state index in [0.29, 0.717) is 22.7 Å². The first-order valence-electron chi connectivity index (χ1n) is 7.18. The molecule has 2 aromatic rings. The van der Waals surface area contributed by atoms with Crippen molar-refractivity contribution < 1.29 is 18.0 Å². The van der Waals surface area contributed by atoms with E-state index in [1.807, 2.05) is 0 Å². The molecule has 10 heteroatoms. The summed E-state index contributed by atoms with van der Waals surface area (Å²) in [4.78, 5) is 12.1. The molecule has 0 saturated carbocycles. The van der Waals surface area contributed by atoms with E-state index in [4.69, 9.17) is 11.6 Å². The van der Waals surface area contributed by atoms with Crippen LogP contribution in [-0.4, -0.2) is 35.8 Å². The van der Waals surface area contributed by atoms with Crippen LogP contribution in [0.4, 0.5) is 13.2 Å². The lowest BCUT2D eigenvalue weighted by molar-refractivity contribution is -0.143. The van der Waals surface area contributed by atoms with Crippen molar-refractivity contribution >= 4 is 29.9 Å². The third-order valence-corrected chi connectivity index (χ3v) is 3.49. The lowest BCUT2D eigenvalue weighted by atomic mass is 10.2. The molecule has 2 N–H and O–H groups in total. The summed E-state index contributed by atoms with van der Waals surface area (Å²) in [6, 6.07) is 5.71. The van der Waals surface area contributed by atoms with E-state index < -0.39 is 23.3 Å². The fraction of sp³-hybridized carbons (Fsp3) is 0.333. The van der Waals surface area contributed by atoms with Gasteiger partial charge in [0.2, 0.25) is 0 Å². The number of hydrogen-bond acceptors (Lipinski definition) is 3. The lowest BCUT2D eigenvalue weighted by Crippen LogP contribution is -2.28. The van der Waals surface area contributed by atoms with Crippen molar-refractivity contribution in [2.24, 2.45) is 0 Å². The highest BCUT2D eigenvalue weighted by atomic mass is 35.5. The van der Waals surface area contributed by atoms with E-state index in [9.17, 15) is 18.0 Å². The fourth-order valence-electron chi connectivity index (χ4n) is 2.13. The largest absolute Gasteiger partial charge is 0.434 e. The Labute approximate surface area is 153 Å². The van der Waals surface area contributed by atoms with Gasteiger partial charge in [-0.2, -0.15) is 18.3 Å². The van der Waals surface area contributed by atoms with Gasteiger partial charge >= 0.3 is 6.18 Å². The molecule has 138 valence electrons. The number of carbonyl (C=O) groups is 1. The number of carbonyl (C=O) groups excluding carboxylic acids is 1. The SMILES string of the molecule is CNCCCNC(=O)c1cnn(-c2ccc(Cl)cc2)c1C(F)(F)F.Cl. The first-order chi connectivity index (χ1) is 11.3. The van der Waals surface area contributed by atoms with E-state index in [2.05, 4.69) is 15.7 Å². The van der Waals surface area contributed by atoms with Crippen LogP contribution < -0.4 is 10.6 Å². The van der Waals surface area contributed by atoms with Crippen molar-refractivity contribution in [2.45, 2.75) is 12.6 Å². The summed E-state index contributed by atoms with van der Waals surface area (Å²) in [6.07, 6.45) is -3.20. The summed E-state index contributed by atoms with van der Waals surface area (Å²) in [7, 11) is 1.75. The van der Waals surface area contributed by atoms with E-state index in [1.165, 1.54) is 24.3 Å². The molecule has 0 unspecified atom stereocenters. The summed E-state index contributed by atoms with van der Waals surface area (Å²) in [6.45, 7) is 0.916. The number of amides is 1. The Kier molecular flexibility index (Phi) is 7.72. The normalized spacial score (nSPS) is 11.1. The molecular weight excluding hydrogens is 380 g/mol. The molecule has 1 aromatic carbocycles. The van der Waals surface area contributed by atoms with E-state index in [-0.39, 0.29) is 24.6 Å². The number of benzene rings is 1. The average Bonchev–Trinajstić information content (AvgIpc) is 2.97. The maximum Gasteiger partial charge on any atom is 0.434 e. The minimum atomic E-state index is -4.73. The van der Waals surface area contributed by atoms with E-state index >= 15 is 0 Å². The predicted molar refractivity (Wildman–Crippen MR) is 91.7 cm³/mol. The Morgan fingerprint density at radius 3 is 2.44 bits per heavy atom. The smallest absolute Gasteiger partial charge is 0.352 e. The third-order valence-electron chi connectivity index (χ3n) is 3.24. The van der Waals surface area contributed by atoms with Crippen LogP contribution in [0, 0.1) is 0 Å². The number of rotatable bonds is 6. The van der Waals surface area contributed by atoms with E-state index in [0.717, 1.165) is 6.20 Å². The van der Waals surface area contributed by atoms with Gasteiger partial charge in [-0.3, -0.25) is 4.79 Å². The zero-order chi connectivity index (χ0) is 17.7. The molecule has 5 nitrogen and oxygen atoms in total. The molecule has 0 aliphatic heterocycles. The maximum atomic E-state index is 13.4. The molecule has 0 aliphatic rings. The Balaban J connectivity index is 0.00000312. The van der Waals surface area contributed by atoms with Crippen LogP contribution >= 0.6 is 24.0 Å². The van der Waals surface area contributed by atoms with Crippen molar-refractivity contribution in [3.05, 3.63) is 46.7 Å². The summed E-state index contributed by atoms with van der Waals surface area (Å²) in [5, 5.41) is 9.47. The zero-order valence-electron chi connectivity index (χ0n) is 13.2. The Morgan fingerprint density at radius 1 is 1.24 bits per heavy atom. The third kappa shape index (κ3) is 5.35. The van der Waals surface area contributed by atoms with Crippen molar-refractivity contribution in [3.8, 4) is 5.69 Å². The van der Waals surface area contributed by atoms with Crippen LogP contribution in [0.5, 0.6) is 0 Å². The first-order valence-corrected chi connectivity index (χ1v) is 7.56. The number of aromatic nitrogens is 2. The average molecular weight is 397 g/mol. The van der Waals surface area contributed by atoms with Crippen LogP contribution in [0.3, 0.4) is 0 Å². The molecule has 1 heterocycles. The second-order valence-electron chi connectivity index (χ2n) is 5.01. The van der Waals surface area contributed by atoms with Crippen molar-refractivity contribution in [2.75, 3.05) is 20.1 Å². The molecule has 1 aromatic heterocycles. The Bertz CT molecular complexity index is 702. The van der Waals surface area contributed by atoms with Gasteiger partial charge in [-0.25, -0.2) is 4.68 Å². The lowest BCUT2D eigenvalue weighted by Gasteiger charge is -2.13. The van der Waals surface area contributed by atoms with Gasteiger partial charge in [0, 0.05) is 11.6 Å². The number of alkyl halides is 3. The topological polar surface area (TPSA) is 58.9 Å². The fourth-order valence-corrected chi connectivity index (χ4v) is 2.25. The van der Waals surface area contributed by atoms with Crippen LogP contribution in [0.25, 0.3) is 5.69 Å². The Morgan fingerprint density at radius 2 is 1.88 bits per heavy atom. The molecule has 2 rings (SSSR count). The molecule has 0 aliphatic carbocycles. The summed E-state index contributed by atoms with van der Waals surface area (Å²) < 4.78 is 41.0. The van der Waals surface area contributed by atoms with Crippen LogP contribution in [-0.2, 0) is 6.18 Å². The standard InChI is InChI=1S/C15H16ClF3N4O.ClH/c1-20-7-2-8-21-14(24)12-9-22-23(13(12)15(17,18)19)11-5-3-10(16)4-6-11;/h3-6,9,20H,2,7-8H2,1H3,(H,21,24);1H. The highest BCUT2D eigenvalue weighted by Crippen LogP contribution is 2.33. The Hall–Kier alpha value is -1.77. The van der Waals surface area contributed by atoms with Crippen LogP contribution in [0.1, 0.15) is 22.5 Å². The molecule has 0 fully saturated rings. The van der Waals surface area contributed by atoms with Gasteiger partial charge in [-0.15, -0.1) is 12.4 Å². The molecule has 0 atom stereocenters. The molecule has 1 amide bonds. The number of halogens is 5. The van der Waals surface area contributed by atoms with Crippen molar-refractivity contribution in [1.29, 1.82) is 0 Å². The molecule has 0 spiro atoms. The minimum absolute atomic E-state index is 0. The van der Waals surface area contributed by atoms with E-state index in [1.54, 1.807) is 7.05 Å². The zero-order valence-corrected chi connectivity index (χ0v) is 14.8. The minimum Gasteiger partial charge on any atom is -0.352 e. The summed E-state index contributed by atoms with van der Waals surface area (Å²) in [5.41, 5.74) is -1.46. The molecule has 0 radical (unpaired) electrons. The van der Waals surface area contributed by atoms with Gasteiger partial charge in [0.1, 0.15) is 0 Å². The van der Waals surface area contributed by atoms with Crippen molar-refractivity contribution in [3.63, 3.8) is 0 Å². The molecule has 0 saturated heterocycles. The van der Waals surface area contributed by atoms with Gasteiger partial charge in [0.05, 0.1) is 17.4 Å². The number of nitrogens with one attached hydrogen (secondary N) is 2. The molecular formula is C15H17Cl2F3N4O. The van der Waals surface area contributed by atoms with Crippen LogP contribution in [0.2, 0.25) is 5.02 Å². The second-order valence-corrected chi connectivity index (χ2v) is 5.44. The maximum absolute atomic E-state index is 13.4. The summed E-state index contributed by atoms with van der Waals surface area (Å²) in [5.74, 6) is -0.807. The molecule has 0 bridgehead atoms. The van der Waals surface area contributed by atoms with Gasteiger partial charge in [-0.05, 0) is 44.3 Å². The summed E-state index contributed by atoms with van der Waals surface area (Å²) >= 11 is 5.75. The number of nitrogens with zero attached hydrogens (tertiary/aromatic N) is 2. The van der Waals surface area contributed by atoms with Crippen molar-refractivity contribution in [1.82, 2.24) is 20.4 Å². The highest BCUT2D eigenvalue weighted by molar-refractivity contribution is 6.30. The predicted octanol–water partition coefficient (Wildman–Crippen LogP) is 3.31. The molecule has 25 heavy (non-hydrogen) atoms. The quantitative estimate of drug-likeness (QED) is 0.736. The van der Waals surface area contributed by atoms with Gasteiger partial charge in [0.25, 0.3) is 5.91 Å². The number of hydrogen-bond donors (Lipinski definition) is 2. The first kappa shape index (κ1) is 21.3. The van der Waals surface area contributed by atoms with Gasteiger partial charge < -0.3 is 10.6 Å². The van der Waals surface area contributed by atoms with Gasteiger partial charge in [0.15, 0.2) is 5.69 Å². The van der Waals surface area contributed by atoms with Gasteiger partial charge in [-0.1, -0.05) is 11.6 Å². The monoisotopic (exact) mass is 396 g/mol. The second kappa shape index (κ2) is 9.07. The van der Waals surface area contributed by atoms with Crippen LogP contribution in [0.15, 0.2) is 30.5 Å². The highest BCUT2D eigenvalue weighted by Gasteiger charge is 2.40.